The molecular weight excluding hydrogens is 322 g/mol. The van der Waals surface area contributed by atoms with Crippen LogP contribution in [0.15, 0.2) is 30.3 Å². The van der Waals surface area contributed by atoms with Crippen LogP contribution in [0.2, 0.25) is 0 Å². The molecule has 1 fully saturated rings. The molecule has 0 radical (unpaired) electrons. The van der Waals surface area contributed by atoms with Gasteiger partial charge in [-0.05, 0) is 24.8 Å². The first-order chi connectivity index (χ1) is 12.1. The van der Waals surface area contributed by atoms with Crippen LogP contribution in [-0.4, -0.2) is 48.4 Å². The number of amides is 2. The average molecular weight is 347 g/mol. The molecule has 1 atom stereocenters. The molecule has 1 aliphatic rings. The minimum atomic E-state index is -0.602. The zero-order valence-corrected chi connectivity index (χ0v) is 14.3. The molecule has 3 N–H and O–H groups in total. The number of nitrogens with zero attached hydrogens (tertiary/aromatic N) is 1. The largest absolute Gasteiger partial charge is 0.460 e. The van der Waals surface area contributed by atoms with E-state index in [9.17, 15) is 14.4 Å². The predicted octanol–water partition coefficient (Wildman–Crippen LogP) is 0.576. The molecule has 7 heteroatoms. The monoisotopic (exact) mass is 347 g/mol. The smallest absolute Gasteiger partial charge is 0.320 e. The van der Waals surface area contributed by atoms with Crippen LogP contribution >= 0.6 is 0 Å². The fourth-order valence-corrected chi connectivity index (χ4v) is 2.75. The Morgan fingerprint density at radius 1 is 1.16 bits per heavy atom. The summed E-state index contributed by atoms with van der Waals surface area (Å²) in [6.45, 7) is 1.53. The van der Waals surface area contributed by atoms with E-state index in [0.717, 1.165) is 18.4 Å². The summed E-state index contributed by atoms with van der Waals surface area (Å²) in [5.74, 6) is -0.996. The SMILES string of the molecule is NC(=O)CCC(NCC(=O)OCc1ccccc1)C(=O)N1CCCC1. The Hall–Kier alpha value is -2.41. The number of primary amides is 1. The number of benzene rings is 1. The number of likely N-dealkylation sites (tertiary alicyclic amines) is 1. The number of carbonyl (C=O) groups excluding carboxylic acids is 3. The van der Waals surface area contributed by atoms with E-state index in [2.05, 4.69) is 5.32 Å². The van der Waals surface area contributed by atoms with Crippen molar-refractivity contribution in [2.24, 2.45) is 5.73 Å². The Morgan fingerprint density at radius 3 is 2.48 bits per heavy atom. The van der Waals surface area contributed by atoms with Crippen LogP contribution in [0.4, 0.5) is 0 Å². The van der Waals surface area contributed by atoms with Gasteiger partial charge in [-0.3, -0.25) is 19.7 Å². The summed E-state index contributed by atoms with van der Waals surface area (Å²) in [6.07, 6.45) is 2.33. The molecule has 136 valence electrons. The standard InChI is InChI=1S/C18H25N3O4/c19-16(22)9-8-15(18(24)21-10-4-5-11-21)20-12-17(23)25-13-14-6-2-1-3-7-14/h1-3,6-7,15,20H,4-5,8-13H2,(H2,19,22). The summed E-state index contributed by atoms with van der Waals surface area (Å²) in [4.78, 5) is 37.2. The lowest BCUT2D eigenvalue weighted by Crippen LogP contribution is -2.47. The zero-order valence-electron chi connectivity index (χ0n) is 14.3. The lowest BCUT2D eigenvalue weighted by atomic mass is 10.1. The lowest BCUT2D eigenvalue weighted by Gasteiger charge is -2.23. The maximum absolute atomic E-state index is 12.5. The van der Waals surface area contributed by atoms with Crippen molar-refractivity contribution in [3.8, 4) is 0 Å². The van der Waals surface area contributed by atoms with Crippen molar-refractivity contribution in [3.05, 3.63) is 35.9 Å². The first-order valence-corrected chi connectivity index (χ1v) is 8.56. The van der Waals surface area contributed by atoms with Gasteiger partial charge in [-0.1, -0.05) is 30.3 Å². The molecule has 1 aliphatic heterocycles. The van der Waals surface area contributed by atoms with Gasteiger partial charge in [0.25, 0.3) is 0 Å². The third-order valence-electron chi connectivity index (χ3n) is 4.13. The number of esters is 1. The fourth-order valence-electron chi connectivity index (χ4n) is 2.75. The molecular formula is C18H25N3O4. The number of nitrogens with one attached hydrogen (secondary N) is 1. The van der Waals surface area contributed by atoms with Gasteiger partial charge in [-0.25, -0.2) is 0 Å². The third kappa shape index (κ3) is 6.54. The number of hydrogen-bond acceptors (Lipinski definition) is 5. The molecule has 0 saturated carbocycles. The molecule has 1 unspecified atom stereocenters. The Labute approximate surface area is 147 Å². The molecule has 25 heavy (non-hydrogen) atoms. The molecule has 0 aliphatic carbocycles. The molecule has 7 nitrogen and oxygen atoms in total. The van der Waals surface area contributed by atoms with Gasteiger partial charge < -0.3 is 15.4 Å². The van der Waals surface area contributed by atoms with Crippen LogP contribution in [-0.2, 0) is 25.7 Å². The normalized spacial score (nSPS) is 15.0. The van der Waals surface area contributed by atoms with Gasteiger partial charge in [-0.15, -0.1) is 0 Å². The maximum Gasteiger partial charge on any atom is 0.320 e. The van der Waals surface area contributed by atoms with Crippen LogP contribution in [0, 0.1) is 0 Å². The Kier molecular flexibility index (Phi) is 7.40. The summed E-state index contributed by atoms with van der Waals surface area (Å²) >= 11 is 0. The highest BCUT2D eigenvalue weighted by Gasteiger charge is 2.27. The summed E-state index contributed by atoms with van der Waals surface area (Å²) in [7, 11) is 0. The molecule has 0 spiro atoms. The van der Waals surface area contributed by atoms with Gasteiger partial charge in [0.1, 0.15) is 6.61 Å². The van der Waals surface area contributed by atoms with Crippen molar-refractivity contribution in [2.75, 3.05) is 19.6 Å². The molecule has 1 aromatic carbocycles. The number of carbonyl (C=O) groups is 3. The van der Waals surface area contributed by atoms with E-state index >= 15 is 0 Å². The van der Waals surface area contributed by atoms with Crippen molar-refractivity contribution in [3.63, 3.8) is 0 Å². The zero-order chi connectivity index (χ0) is 18.1. The Morgan fingerprint density at radius 2 is 1.84 bits per heavy atom. The third-order valence-corrected chi connectivity index (χ3v) is 4.13. The summed E-state index contributed by atoms with van der Waals surface area (Å²) in [5.41, 5.74) is 6.08. The summed E-state index contributed by atoms with van der Waals surface area (Å²) in [5, 5.41) is 2.91. The average Bonchev–Trinajstić information content (AvgIpc) is 3.15. The van der Waals surface area contributed by atoms with E-state index in [1.807, 2.05) is 30.3 Å². The summed E-state index contributed by atoms with van der Waals surface area (Å²) in [6, 6.07) is 8.77. The van der Waals surface area contributed by atoms with Crippen LogP contribution in [0.25, 0.3) is 0 Å². The van der Waals surface area contributed by atoms with Gasteiger partial charge in [0, 0.05) is 19.5 Å². The first kappa shape index (κ1) is 18.9. The number of rotatable bonds is 9. The first-order valence-electron chi connectivity index (χ1n) is 8.56. The van der Waals surface area contributed by atoms with Gasteiger partial charge in [-0.2, -0.15) is 0 Å². The molecule has 2 amide bonds. The van der Waals surface area contributed by atoms with Crippen molar-refractivity contribution < 1.29 is 19.1 Å². The summed E-state index contributed by atoms with van der Waals surface area (Å²) < 4.78 is 5.19. The molecule has 2 rings (SSSR count). The van der Waals surface area contributed by atoms with Crippen molar-refractivity contribution in [1.29, 1.82) is 0 Å². The van der Waals surface area contributed by atoms with Crippen molar-refractivity contribution >= 4 is 17.8 Å². The second kappa shape index (κ2) is 9.78. The highest BCUT2D eigenvalue weighted by molar-refractivity contribution is 5.84. The lowest BCUT2D eigenvalue weighted by molar-refractivity contribution is -0.144. The van der Waals surface area contributed by atoms with Crippen LogP contribution in [0.3, 0.4) is 0 Å². The Bertz CT molecular complexity index is 585. The highest BCUT2D eigenvalue weighted by Crippen LogP contribution is 2.11. The van der Waals surface area contributed by atoms with Crippen molar-refractivity contribution in [1.82, 2.24) is 10.2 Å². The maximum atomic E-state index is 12.5. The molecule has 0 aromatic heterocycles. The van der Waals surface area contributed by atoms with Crippen LogP contribution < -0.4 is 11.1 Å². The molecule has 1 saturated heterocycles. The Balaban J connectivity index is 1.81. The fraction of sp³-hybridized carbons (Fsp3) is 0.500. The molecule has 0 bridgehead atoms. The van der Waals surface area contributed by atoms with Crippen LogP contribution in [0.5, 0.6) is 0 Å². The van der Waals surface area contributed by atoms with E-state index < -0.39 is 17.9 Å². The van der Waals surface area contributed by atoms with Crippen LogP contribution in [0.1, 0.15) is 31.2 Å². The van der Waals surface area contributed by atoms with Gasteiger partial charge in [0.05, 0.1) is 12.6 Å². The molecule has 1 heterocycles. The number of hydrogen-bond donors (Lipinski definition) is 2. The van der Waals surface area contributed by atoms with E-state index in [1.54, 1.807) is 4.90 Å². The van der Waals surface area contributed by atoms with Crippen molar-refractivity contribution in [2.45, 2.75) is 38.3 Å². The topological polar surface area (TPSA) is 102 Å². The highest BCUT2D eigenvalue weighted by atomic mass is 16.5. The van der Waals surface area contributed by atoms with Gasteiger partial charge in [0.2, 0.25) is 11.8 Å². The van der Waals surface area contributed by atoms with E-state index in [0.29, 0.717) is 13.1 Å². The molecule has 1 aromatic rings. The van der Waals surface area contributed by atoms with E-state index in [4.69, 9.17) is 10.5 Å². The second-order valence-electron chi connectivity index (χ2n) is 6.12. The minimum Gasteiger partial charge on any atom is -0.460 e. The predicted molar refractivity (Wildman–Crippen MR) is 92.3 cm³/mol. The van der Waals surface area contributed by atoms with Gasteiger partial charge in [0.15, 0.2) is 0 Å². The van der Waals surface area contributed by atoms with E-state index in [1.165, 1.54) is 0 Å². The second-order valence-corrected chi connectivity index (χ2v) is 6.12. The quantitative estimate of drug-likeness (QED) is 0.636. The number of nitrogens with two attached hydrogens (primary N) is 1. The van der Waals surface area contributed by atoms with Gasteiger partial charge >= 0.3 is 5.97 Å². The van der Waals surface area contributed by atoms with E-state index in [-0.39, 0.29) is 31.9 Å². The number of ether oxygens (including phenoxy) is 1. The minimum absolute atomic E-state index is 0.0875.